The standard InChI is InChI=1S/C22H22ClN3S/c1-3-8-17(9-4-2)16-24-22(27)26-21(18-10-6-5-7-11-18)25-20-14-12-19(23)13-15-20/h3-15H,1,16H2,2H3,(H2,24,25,26,27)/b9-4-,17-8+. The second-order valence-corrected chi connectivity index (χ2v) is 6.42. The van der Waals surface area contributed by atoms with Gasteiger partial charge in [0.2, 0.25) is 0 Å². The van der Waals surface area contributed by atoms with E-state index in [-0.39, 0.29) is 0 Å². The van der Waals surface area contributed by atoms with Crippen molar-refractivity contribution >= 4 is 40.5 Å². The van der Waals surface area contributed by atoms with Crippen LogP contribution < -0.4 is 10.6 Å². The first kappa shape index (κ1) is 20.6. The maximum Gasteiger partial charge on any atom is 0.195 e. The highest BCUT2D eigenvalue weighted by molar-refractivity contribution is 7.80. The van der Waals surface area contributed by atoms with Crippen LogP contribution >= 0.6 is 23.8 Å². The van der Waals surface area contributed by atoms with Gasteiger partial charge in [0.05, 0.1) is 0 Å². The molecule has 0 bridgehead atoms. The van der Waals surface area contributed by atoms with Crippen molar-refractivity contribution in [3.8, 4) is 0 Å². The van der Waals surface area contributed by atoms with E-state index in [1.54, 1.807) is 6.08 Å². The summed E-state index contributed by atoms with van der Waals surface area (Å²) in [4.78, 5) is 4.57. The summed E-state index contributed by atoms with van der Waals surface area (Å²) in [5.41, 5.74) is 2.88. The van der Waals surface area contributed by atoms with Crippen LogP contribution in [0, 0.1) is 0 Å². The lowest BCUT2D eigenvalue weighted by Crippen LogP contribution is -2.25. The first-order valence-corrected chi connectivity index (χ1v) is 9.30. The van der Waals surface area contributed by atoms with Crippen molar-refractivity contribution in [2.24, 2.45) is 4.99 Å². The third-order valence-corrected chi connectivity index (χ3v) is 4.01. The van der Waals surface area contributed by atoms with E-state index in [1.165, 1.54) is 0 Å². The highest BCUT2D eigenvalue weighted by Gasteiger charge is 2.06. The molecule has 2 aromatic carbocycles. The molecule has 0 unspecified atom stereocenters. The van der Waals surface area contributed by atoms with Gasteiger partial charge in [-0.05, 0) is 49.0 Å². The third-order valence-electron chi connectivity index (χ3n) is 3.52. The molecule has 0 spiro atoms. The maximum absolute atomic E-state index is 5.97. The molecule has 138 valence electrons. The van der Waals surface area contributed by atoms with Crippen LogP contribution in [0.1, 0.15) is 12.5 Å². The van der Waals surface area contributed by atoms with Crippen LogP contribution in [0.2, 0.25) is 5.02 Å². The molecule has 2 N–H and O–H groups in total. The summed E-state index contributed by atoms with van der Waals surface area (Å²) >= 11 is 11.4. The number of nitrogens with one attached hydrogen (secondary N) is 2. The summed E-state index contributed by atoms with van der Waals surface area (Å²) in [6.45, 7) is 6.27. The van der Waals surface area contributed by atoms with Crippen molar-refractivity contribution in [3.05, 3.63) is 102 Å². The lowest BCUT2D eigenvalue weighted by Gasteiger charge is -2.12. The van der Waals surface area contributed by atoms with E-state index in [2.05, 4.69) is 22.2 Å². The fourth-order valence-corrected chi connectivity index (χ4v) is 2.58. The Bertz CT molecular complexity index is 853. The van der Waals surface area contributed by atoms with Crippen molar-refractivity contribution in [2.45, 2.75) is 6.92 Å². The number of anilines is 1. The van der Waals surface area contributed by atoms with Gasteiger partial charge in [0.15, 0.2) is 5.11 Å². The van der Waals surface area contributed by atoms with Crippen LogP contribution in [0.15, 0.2) is 96.0 Å². The number of nitrogens with zero attached hydrogens (tertiary/aromatic N) is 1. The van der Waals surface area contributed by atoms with E-state index in [1.807, 2.05) is 79.7 Å². The van der Waals surface area contributed by atoms with Crippen molar-refractivity contribution < 1.29 is 0 Å². The molecule has 0 atom stereocenters. The number of aliphatic imine (C=N–C) groups is 1. The van der Waals surface area contributed by atoms with E-state index in [9.17, 15) is 0 Å². The lowest BCUT2D eigenvalue weighted by atomic mass is 10.2. The number of thiocarbonyl (C=S) groups is 1. The van der Waals surface area contributed by atoms with Gasteiger partial charge < -0.3 is 10.6 Å². The summed E-state index contributed by atoms with van der Waals surface area (Å²) in [7, 11) is 0. The zero-order valence-corrected chi connectivity index (χ0v) is 16.7. The number of hydrogen-bond acceptors (Lipinski definition) is 1. The normalized spacial score (nSPS) is 12.1. The number of hydrogen-bond donors (Lipinski definition) is 2. The smallest absolute Gasteiger partial charge is 0.195 e. The average Bonchev–Trinajstić information content (AvgIpc) is 2.68. The van der Waals surface area contributed by atoms with Gasteiger partial charge in [-0.25, -0.2) is 4.99 Å². The van der Waals surface area contributed by atoms with Gasteiger partial charge in [-0.15, -0.1) is 0 Å². The van der Waals surface area contributed by atoms with Gasteiger partial charge in [0.1, 0.15) is 5.84 Å². The van der Waals surface area contributed by atoms with Gasteiger partial charge >= 0.3 is 0 Å². The minimum Gasteiger partial charge on any atom is -0.357 e. The lowest BCUT2D eigenvalue weighted by molar-refractivity contribution is 1.01. The summed E-state index contributed by atoms with van der Waals surface area (Å²) in [6.07, 6.45) is 7.66. The van der Waals surface area contributed by atoms with Crippen LogP contribution in [-0.2, 0) is 0 Å². The Balaban J connectivity index is 2.19. The van der Waals surface area contributed by atoms with Crippen molar-refractivity contribution in [1.29, 1.82) is 0 Å². The molecule has 0 heterocycles. The van der Waals surface area contributed by atoms with Crippen LogP contribution in [0.25, 0.3) is 0 Å². The fourth-order valence-electron chi connectivity index (χ4n) is 2.29. The molecule has 0 saturated heterocycles. The Morgan fingerprint density at radius 3 is 2.48 bits per heavy atom. The zero-order chi connectivity index (χ0) is 19.5. The molecule has 0 aromatic heterocycles. The van der Waals surface area contributed by atoms with Crippen molar-refractivity contribution in [1.82, 2.24) is 5.32 Å². The third kappa shape index (κ3) is 7.21. The van der Waals surface area contributed by atoms with Gasteiger partial charge in [0.25, 0.3) is 0 Å². The molecule has 0 radical (unpaired) electrons. The van der Waals surface area contributed by atoms with Crippen molar-refractivity contribution in [2.75, 3.05) is 11.9 Å². The second-order valence-electron chi connectivity index (χ2n) is 5.59. The maximum atomic E-state index is 5.97. The monoisotopic (exact) mass is 395 g/mol. The largest absolute Gasteiger partial charge is 0.357 e. The summed E-state index contributed by atoms with van der Waals surface area (Å²) in [6, 6.07) is 17.3. The molecule has 0 amide bonds. The van der Waals surface area contributed by atoms with E-state index >= 15 is 0 Å². The Morgan fingerprint density at radius 2 is 1.85 bits per heavy atom. The predicted molar refractivity (Wildman–Crippen MR) is 122 cm³/mol. The highest BCUT2D eigenvalue weighted by Crippen LogP contribution is 2.15. The molecular formula is C22H22ClN3S. The fraction of sp³-hybridized carbons (Fsp3) is 0.0909. The number of halogens is 1. The predicted octanol–water partition coefficient (Wildman–Crippen LogP) is 5.76. The van der Waals surface area contributed by atoms with E-state index in [4.69, 9.17) is 23.8 Å². The van der Waals surface area contributed by atoms with Gasteiger partial charge in [-0.1, -0.05) is 72.8 Å². The van der Waals surface area contributed by atoms with Crippen molar-refractivity contribution in [3.63, 3.8) is 0 Å². The van der Waals surface area contributed by atoms with E-state index in [0.29, 0.717) is 22.5 Å². The van der Waals surface area contributed by atoms with Crippen LogP contribution in [0.3, 0.4) is 0 Å². The number of amidine groups is 1. The van der Waals surface area contributed by atoms with Gasteiger partial charge in [-0.3, -0.25) is 0 Å². The number of rotatable bonds is 6. The Kier molecular flexibility index (Phi) is 8.49. The molecular weight excluding hydrogens is 374 g/mol. The molecule has 2 aromatic rings. The molecule has 0 aliphatic carbocycles. The van der Waals surface area contributed by atoms with Crippen LogP contribution in [0.5, 0.6) is 0 Å². The number of benzene rings is 2. The average molecular weight is 396 g/mol. The van der Waals surface area contributed by atoms with Crippen LogP contribution in [-0.4, -0.2) is 17.5 Å². The Labute approximate surface area is 171 Å². The number of allylic oxidation sites excluding steroid dienone is 3. The summed E-state index contributed by atoms with van der Waals surface area (Å²) < 4.78 is 0. The minimum atomic E-state index is 0.398. The Morgan fingerprint density at radius 1 is 1.15 bits per heavy atom. The summed E-state index contributed by atoms with van der Waals surface area (Å²) in [5.74, 6) is 0.663. The molecule has 5 heteroatoms. The molecule has 0 saturated carbocycles. The second kappa shape index (κ2) is 11.1. The van der Waals surface area contributed by atoms with E-state index < -0.39 is 0 Å². The molecule has 2 rings (SSSR count). The van der Waals surface area contributed by atoms with Gasteiger partial charge in [0, 0.05) is 22.8 Å². The molecule has 27 heavy (non-hydrogen) atoms. The van der Waals surface area contributed by atoms with Crippen LogP contribution in [0.4, 0.5) is 5.69 Å². The zero-order valence-electron chi connectivity index (χ0n) is 15.2. The minimum absolute atomic E-state index is 0.398. The van der Waals surface area contributed by atoms with Gasteiger partial charge in [-0.2, -0.15) is 0 Å². The SMILES string of the molecule is C=C/C=C(\C=C/C)CNC(=S)/N=C(\Nc1ccc(Cl)cc1)c1ccccc1. The molecule has 0 aliphatic rings. The molecule has 0 aliphatic heterocycles. The quantitative estimate of drug-likeness (QED) is 0.282. The first-order valence-electron chi connectivity index (χ1n) is 8.51. The Hall–Kier alpha value is -2.69. The molecule has 0 fully saturated rings. The highest BCUT2D eigenvalue weighted by atomic mass is 35.5. The first-order chi connectivity index (χ1) is 13.1. The van der Waals surface area contributed by atoms with E-state index in [0.717, 1.165) is 16.8 Å². The topological polar surface area (TPSA) is 36.4 Å². The molecule has 3 nitrogen and oxygen atoms in total. The summed E-state index contributed by atoms with van der Waals surface area (Å²) in [5, 5.41) is 7.55.